The maximum Gasteiger partial charge on any atom is 0.318 e. The molecule has 0 aliphatic carbocycles. The Bertz CT molecular complexity index is 491. The molecule has 0 atom stereocenters. The number of nitrogens with zero attached hydrogens (tertiary/aromatic N) is 1. The van der Waals surface area contributed by atoms with Crippen LogP contribution in [0.4, 0.5) is 10.5 Å². The lowest BCUT2D eigenvalue weighted by Gasteiger charge is -2.07. The number of benzene rings is 1. The van der Waals surface area contributed by atoms with Gasteiger partial charge >= 0.3 is 6.03 Å². The first-order valence-electron chi connectivity index (χ1n) is 4.63. The number of rotatable bonds is 1. The van der Waals surface area contributed by atoms with Crippen LogP contribution in [0, 0.1) is 0 Å². The summed E-state index contributed by atoms with van der Waals surface area (Å²) < 4.78 is 0. The normalized spacial score (nSPS) is 9.93. The monoisotopic (exact) mass is 201 g/mol. The molecule has 0 aliphatic heterocycles. The Morgan fingerprint density at radius 2 is 2.20 bits per heavy atom. The molecule has 76 valence electrons. The number of pyridine rings is 1. The molecule has 0 spiro atoms. The van der Waals surface area contributed by atoms with E-state index in [1.807, 2.05) is 24.3 Å². The summed E-state index contributed by atoms with van der Waals surface area (Å²) in [5.74, 6) is 0. The highest BCUT2D eigenvalue weighted by Gasteiger charge is 2.02. The minimum Gasteiger partial charge on any atom is -0.341 e. The highest BCUT2D eigenvalue weighted by Crippen LogP contribution is 2.21. The summed E-state index contributed by atoms with van der Waals surface area (Å²) in [6, 6.07) is 7.40. The van der Waals surface area contributed by atoms with Gasteiger partial charge in [-0.05, 0) is 17.5 Å². The zero-order valence-electron chi connectivity index (χ0n) is 8.32. The fourth-order valence-electron chi connectivity index (χ4n) is 1.41. The third-order valence-electron chi connectivity index (χ3n) is 2.16. The first kappa shape index (κ1) is 9.45. The highest BCUT2D eigenvalue weighted by atomic mass is 16.2. The summed E-state index contributed by atoms with van der Waals surface area (Å²) in [6.07, 6.45) is 3.46. The average Bonchev–Trinajstić information content (AvgIpc) is 2.29. The molecule has 2 amide bonds. The Morgan fingerprint density at radius 3 is 3.00 bits per heavy atom. The van der Waals surface area contributed by atoms with Crippen LogP contribution in [0.25, 0.3) is 10.8 Å². The molecular formula is C11H11N3O. The Kier molecular flexibility index (Phi) is 2.49. The quantitative estimate of drug-likeness (QED) is 0.741. The van der Waals surface area contributed by atoms with Gasteiger partial charge in [0.2, 0.25) is 0 Å². The molecule has 2 rings (SSSR count). The molecule has 0 fully saturated rings. The molecule has 0 saturated carbocycles. The van der Waals surface area contributed by atoms with Gasteiger partial charge in [0.25, 0.3) is 0 Å². The molecule has 15 heavy (non-hydrogen) atoms. The molecule has 0 aliphatic rings. The molecule has 0 unspecified atom stereocenters. The van der Waals surface area contributed by atoms with Crippen molar-refractivity contribution in [2.45, 2.75) is 0 Å². The van der Waals surface area contributed by atoms with E-state index in [9.17, 15) is 4.79 Å². The fraction of sp³-hybridized carbons (Fsp3) is 0.0909. The number of fused-ring (bicyclic) bond motifs is 1. The van der Waals surface area contributed by atoms with Crippen LogP contribution in [0.5, 0.6) is 0 Å². The Hall–Kier alpha value is -2.10. The Morgan fingerprint density at radius 1 is 1.33 bits per heavy atom. The van der Waals surface area contributed by atoms with Crippen molar-refractivity contribution in [3.63, 3.8) is 0 Å². The van der Waals surface area contributed by atoms with Gasteiger partial charge < -0.3 is 10.6 Å². The lowest BCUT2D eigenvalue weighted by Crippen LogP contribution is -2.24. The van der Waals surface area contributed by atoms with E-state index in [1.165, 1.54) is 0 Å². The van der Waals surface area contributed by atoms with Crippen molar-refractivity contribution in [2.24, 2.45) is 0 Å². The second kappa shape index (κ2) is 3.96. The van der Waals surface area contributed by atoms with Crippen molar-refractivity contribution in [1.29, 1.82) is 0 Å². The molecule has 1 heterocycles. The van der Waals surface area contributed by atoms with Gasteiger partial charge in [-0.1, -0.05) is 12.1 Å². The van der Waals surface area contributed by atoms with Gasteiger partial charge in [-0.2, -0.15) is 0 Å². The number of hydrogen-bond donors (Lipinski definition) is 2. The van der Waals surface area contributed by atoms with E-state index in [4.69, 9.17) is 0 Å². The van der Waals surface area contributed by atoms with Crippen LogP contribution in [-0.2, 0) is 0 Å². The molecule has 2 N–H and O–H groups in total. The number of hydrogen-bond acceptors (Lipinski definition) is 2. The van der Waals surface area contributed by atoms with Crippen molar-refractivity contribution in [3.05, 3.63) is 36.7 Å². The molecule has 0 radical (unpaired) electrons. The van der Waals surface area contributed by atoms with Crippen LogP contribution >= 0.6 is 0 Å². The standard InChI is InChI=1S/C11H11N3O/c1-12-11(15)14-10-4-2-3-8-5-6-13-7-9(8)10/h2-7H,1H3,(H2,12,14,15). The van der Waals surface area contributed by atoms with Gasteiger partial charge in [-0.25, -0.2) is 4.79 Å². The summed E-state index contributed by atoms with van der Waals surface area (Å²) >= 11 is 0. The summed E-state index contributed by atoms with van der Waals surface area (Å²) in [6.45, 7) is 0. The highest BCUT2D eigenvalue weighted by molar-refractivity contribution is 6.01. The van der Waals surface area contributed by atoms with Crippen LogP contribution < -0.4 is 10.6 Å². The van der Waals surface area contributed by atoms with Gasteiger partial charge in [0.05, 0.1) is 5.69 Å². The molecule has 0 saturated heterocycles. The SMILES string of the molecule is CNC(=O)Nc1cccc2ccncc12. The molecule has 1 aromatic heterocycles. The van der Waals surface area contributed by atoms with Gasteiger partial charge in [0.15, 0.2) is 0 Å². The first-order valence-corrected chi connectivity index (χ1v) is 4.63. The topological polar surface area (TPSA) is 54.0 Å². The summed E-state index contributed by atoms with van der Waals surface area (Å²) in [5, 5.41) is 7.24. The fourth-order valence-corrected chi connectivity index (χ4v) is 1.41. The molecule has 2 aromatic rings. The molecule has 0 bridgehead atoms. The third kappa shape index (κ3) is 1.88. The lowest BCUT2D eigenvalue weighted by atomic mass is 10.1. The number of carbonyl (C=O) groups excluding carboxylic acids is 1. The largest absolute Gasteiger partial charge is 0.341 e. The van der Waals surface area contributed by atoms with Crippen molar-refractivity contribution >= 4 is 22.5 Å². The zero-order chi connectivity index (χ0) is 10.7. The zero-order valence-corrected chi connectivity index (χ0v) is 8.32. The van der Waals surface area contributed by atoms with Gasteiger partial charge in [-0.3, -0.25) is 4.98 Å². The van der Waals surface area contributed by atoms with E-state index in [0.29, 0.717) is 0 Å². The first-order chi connectivity index (χ1) is 7.31. The maximum atomic E-state index is 11.2. The van der Waals surface area contributed by atoms with E-state index in [1.54, 1.807) is 19.4 Å². The van der Waals surface area contributed by atoms with E-state index in [0.717, 1.165) is 16.5 Å². The molecule has 4 heteroatoms. The third-order valence-corrected chi connectivity index (χ3v) is 2.16. The second-order valence-corrected chi connectivity index (χ2v) is 3.11. The smallest absolute Gasteiger partial charge is 0.318 e. The number of anilines is 1. The van der Waals surface area contributed by atoms with Gasteiger partial charge in [-0.15, -0.1) is 0 Å². The predicted molar refractivity (Wildman–Crippen MR) is 59.8 cm³/mol. The van der Waals surface area contributed by atoms with Crippen molar-refractivity contribution in [2.75, 3.05) is 12.4 Å². The van der Waals surface area contributed by atoms with E-state index in [2.05, 4.69) is 15.6 Å². The lowest BCUT2D eigenvalue weighted by molar-refractivity contribution is 0.254. The average molecular weight is 201 g/mol. The van der Waals surface area contributed by atoms with Crippen LogP contribution in [0.2, 0.25) is 0 Å². The van der Waals surface area contributed by atoms with Gasteiger partial charge in [0.1, 0.15) is 0 Å². The predicted octanol–water partition coefficient (Wildman–Crippen LogP) is 1.99. The van der Waals surface area contributed by atoms with Crippen LogP contribution in [0.3, 0.4) is 0 Å². The van der Waals surface area contributed by atoms with Crippen molar-refractivity contribution < 1.29 is 4.79 Å². The number of aromatic nitrogens is 1. The summed E-state index contributed by atoms with van der Waals surface area (Å²) in [5.41, 5.74) is 0.764. The molecule has 4 nitrogen and oxygen atoms in total. The molecular weight excluding hydrogens is 190 g/mol. The van der Waals surface area contributed by atoms with Gasteiger partial charge in [0, 0.05) is 24.8 Å². The van der Waals surface area contributed by atoms with Crippen LogP contribution in [0.15, 0.2) is 36.7 Å². The minimum atomic E-state index is -0.230. The minimum absolute atomic E-state index is 0.230. The van der Waals surface area contributed by atoms with E-state index in [-0.39, 0.29) is 6.03 Å². The van der Waals surface area contributed by atoms with Crippen LogP contribution in [0.1, 0.15) is 0 Å². The summed E-state index contributed by atoms with van der Waals surface area (Å²) in [4.78, 5) is 15.2. The Labute approximate surface area is 87.3 Å². The number of nitrogens with one attached hydrogen (secondary N) is 2. The molecule has 1 aromatic carbocycles. The maximum absolute atomic E-state index is 11.2. The number of urea groups is 1. The Balaban J connectivity index is 2.46. The van der Waals surface area contributed by atoms with Crippen molar-refractivity contribution in [3.8, 4) is 0 Å². The number of carbonyl (C=O) groups is 1. The van der Waals surface area contributed by atoms with Crippen LogP contribution in [-0.4, -0.2) is 18.1 Å². The summed E-state index contributed by atoms with van der Waals surface area (Å²) in [7, 11) is 1.58. The second-order valence-electron chi connectivity index (χ2n) is 3.11. The van der Waals surface area contributed by atoms with E-state index >= 15 is 0 Å². The number of amides is 2. The van der Waals surface area contributed by atoms with E-state index < -0.39 is 0 Å². The van der Waals surface area contributed by atoms with Crippen molar-refractivity contribution in [1.82, 2.24) is 10.3 Å².